The molecule has 3 aromatic rings. The summed E-state index contributed by atoms with van der Waals surface area (Å²) in [4.78, 5) is 21.4. The fourth-order valence-corrected chi connectivity index (χ4v) is 5.95. The second kappa shape index (κ2) is 11.2. The molecule has 0 aliphatic carbocycles. The quantitative estimate of drug-likeness (QED) is 0.278. The van der Waals surface area contributed by atoms with Crippen LogP contribution in [0, 0.1) is 11.3 Å². The Morgan fingerprint density at radius 1 is 1.06 bits per heavy atom. The number of likely N-dealkylation sites (tertiary alicyclic amines) is 1. The van der Waals surface area contributed by atoms with Gasteiger partial charge in [-0.25, -0.2) is 0 Å². The van der Waals surface area contributed by atoms with Crippen molar-refractivity contribution in [2.75, 3.05) is 0 Å². The monoisotopic (exact) mass is 520 g/mol. The van der Waals surface area contributed by atoms with E-state index in [-0.39, 0.29) is 23.9 Å². The van der Waals surface area contributed by atoms with Gasteiger partial charge < -0.3 is 4.90 Å². The van der Waals surface area contributed by atoms with Gasteiger partial charge in [0.25, 0.3) is 0 Å². The molecule has 1 aliphatic heterocycles. The number of hydrogen-bond acceptors (Lipinski definition) is 2. The number of amides is 1. The summed E-state index contributed by atoms with van der Waals surface area (Å²) in [6.07, 6.45) is 5.78. The maximum atomic E-state index is 14.5. The Morgan fingerprint density at radius 2 is 1.81 bits per heavy atom. The summed E-state index contributed by atoms with van der Waals surface area (Å²) in [7, 11) is 0. The fourth-order valence-electron chi connectivity index (χ4n) is 5.63. The molecule has 2 aromatic carbocycles. The lowest BCUT2D eigenvalue weighted by molar-refractivity contribution is -0.155. The Labute approximate surface area is 225 Å². The largest absolute Gasteiger partial charge is 0.326 e. The van der Waals surface area contributed by atoms with Crippen molar-refractivity contribution in [2.24, 2.45) is 11.3 Å². The number of pyridine rings is 1. The van der Waals surface area contributed by atoms with Crippen molar-refractivity contribution in [3.05, 3.63) is 112 Å². The number of rotatable bonds is 8. The highest BCUT2D eigenvalue weighted by atomic mass is 35.5. The molecule has 1 saturated heterocycles. The van der Waals surface area contributed by atoms with E-state index in [9.17, 15) is 4.79 Å². The summed E-state index contributed by atoms with van der Waals surface area (Å²) in [5, 5.41) is 1.37. The van der Waals surface area contributed by atoms with Gasteiger partial charge in [-0.15, -0.1) is 6.58 Å². The van der Waals surface area contributed by atoms with Crippen LogP contribution in [-0.2, 0) is 4.79 Å². The summed E-state index contributed by atoms with van der Waals surface area (Å²) >= 11 is 12.8. The van der Waals surface area contributed by atoms with E-state index in [2.05, 4.69) is 38.3 Å². The Morgan fingerprint density at radius 3 is 2.42 bits per heavy atom. The number of aromatic nitrogens is 1. The minimum absolute atomic E-state index is 0.0332. The summed E-state index contributed by atoms with van der Waals surface area (Å²) in [5.41, 5.74) is 2.50. The zero-order valence-corrected chi connectivity index (χ0v) is 22.7. The van der Waals surface area contributed by atoms with E-state index >= 15 is 0 Å². The van der Waals surface area contributed by atoms with Gasteiger partial charge in [-0.1, -0.05) is 80.4 Å². The molecule has 0 saturated carbocycles. The molecule has 188 valence electrons. The first-order valence-electron chi connectivity index (χ1n) is 12.6. The molecule has 0 radical (unpaired) electrons. The molecule has 5 heteroatoms. The van der Waals surface area contributed by atoms with Crippen LogP contribution >= 0.6 is 23.2 Å². The lowest BCUT2D eigenvalue weighted by atomic mass is 9.66. The first-order chi connectivity index (χ1) is 17.2. The van der Waals surface area contributed by atoms with E-state index < -0.39 is 5.41 Å². The lowest BCUT2D eigenvalue weighted by Gasteiger charge is -2.52. The summed E-state index contributed by atoms with van der Waals surface area (Å²) in [6.45, 7) is 10.5. The van der Waals surface area contributed by atoms with Crippen LogP contribution in [0.1, 0.15) is 74.9 Å². The number of halogens is 2. The normalized spacial score (nSPS) is 23.1. The molecular weight excluding hydrogens is 487 g/mol. The Kier molecular flexibility index (Phi) is 8.22. The summed E-state index contributed by atoms with van der Waals surface area (Å²) in [5.74, 6) is 0.538. The molecule has 4 atom stereocenters. The van der Waals surface area contributed by atoms with E-state index in [1.807, 2.05) is 72.9 Å². The topological polar surface area (TPSA) is 33.2 Å². The van der Waals surface area contributed by atoms with E-state index in [0.29, 0.717) is 28.8 Å². The van der Waals surface area contributed by atoms with Gasteiger partial charge in [-0.05, 0) is 72.7 Å². The molecule has 0 spiro atoms. The maximum absolute atomic E-state index is 14.5. The van der Waals surface area contributed by atoms with Gasteiger partial charge in [0.1, 0.15) is 0 Å². The van der Waals surface area contributed by atoms with Crippen molar-refractivity contribution in [1.82, 2.24) is 9.88 Å². The Bertz CT molecular complexity index is 1190. The molecule has 0 N–H and O–H groups in total. The predicted molar refractivity (Wildman–Crippen MR) is 149 cm³/mol. The maximum Gasteiger partial charge on any atom is 0.229 e. The third-order valence-electron chi connectivity index (χ3n) is 7.24. The zero-order valence-electron chi connectivity index (χ0n) is 21.2. The molecule has 1 aromatic heterocycles. The van der Waals surface area contributed by atoms with Gasteiger partial charge >= 0.3 is 0 Å². The van der Waals surface area contributed by atoms with E-state index in [1.54, 1.807) is 0 Å². The van der Waals surface area contributed by atoms with Crippen LogP contribution in [0.5, 0.6) is 0 Å². The zero-order chi connectivity index (χ0) is 25.9. The van der Waals surface area contributed by atoms with Crippen molar-refractivity contribution in [2.45, 2.75) is 58.0 Å². The Balaban J connectivity index is 1.97. The molecule has 36 heavy (non-hydrogen) atoms. The van der Waals surface area contributed by atoms with Crippen LogP contribution in [0.2, 0.25) is 10.0 Å². The Hall–Kier alpha value is -2.62. The van der Waals surface area contributed by atoms with Crippen LogP contribution in [0.25, 0.3) is 0 Å². The molecular formula is C31H34Cl2N2O. The van der Waals surface area contributed by atoms with Gasteiger partial charge in [0.05, 0.1) is 23.2 Å². The fraction of sp³-hybridized carbons (Fsp3) is 0.355. The van der Waals surface area contributed by atoms with E-state index in [0.717, 1.165) is 23.2 Å². The third kappa shape index (κ3) is 5.53. The van der Waals surface area contributed by atoms with Crippen molar-refractivity contribution in [1.29, 1.82) is 0 Å². The van der Waals surface area contributed by atoms with Crippen LogP contribution in [0.4, 0.5) is 0 Å². The number of allylic oxidation sites excluding steroid dienone is 1. The third-order valence-corrected chi connectivity index (χ3v) is 7.73. The molecule has 1 amide bonds. The van der Waals surface area contributed by atoms with Gasteiger partial charge in [0.2, 0.25) is 5.91 Å². The second-order valence-corrected chi connectivity index (χ2v) is 11.4. The van der Waals surface area contributed by atoms with Crippen LogP contribution in [0.3, 0.4) is 0 Å². The van der Waals surface area contributed by atoms with Crippen LogP contribution in [0.15, 0.2) is 85.6 Å². The van der Waals surface area contributed by atoms with Crippen LogP contribution in [-0.4, -0.2) is 15.8 Å². The first-order valence-corrected chi connectivity index (χ1v) is 13.3. The summed E-state index contributed by atoms with van der Waals surface area (Å²) in [6, 6.07) is 21.5. The van der Waals surface area contributed by atoms with Crippen LogP contribution < -0.4 is 0 Å². The highest BCUT2D eigenvalue weighted by molar-refractivity contribution is 6.30. The molecule has 3 nitrogen and oxygen atoms in total. The average Bonchev–Trinajstić information content (AvgIpc) is 2.85. The average molecular weight is 522 g/mol. The highest BCUT2D eigenvalue weighted by Crippen LogP contribution is 2.54. The van der Waals surface area contributed by atoms with Crippen molar-refractivity contribution < 1.29 is 4.79 Å². The molecule has 0 unspecified atom stereocenters. The molecule has 1 aliphatic rings. The minimum atomic E-state index is -0.596. The van der Waals surface area contributed by atoms with Gasteiger partial charge in [0, 0.05) is 22.2 Å². The molecule has 2 heterocycles. The lowest BCUT2D eigenvalue weighted by Crippen LogP contribution is -2.53. The molecule has 0 bridgehead atoms. The second-order valence-electron chi connectivity index (χ2n) is 10.5. The standard InChI is InChI=1S/C31H34Cl2N2O/c1-5-16-31(4)20-26(23-9-8-10-25(33)19-23)29(22-12-14-24(32)15-13-22)35(30(31)36)28(18-21(2)3)27-11-6-7-17-34-27/h5-15,17,19,21,26,28-29H,1,16,18,20H2,2-4H3/t26-,28-,29-,31+/m1/s1. The molecule has 4 rings (SSSR count). The minimum Gasteiger partial charge on any atom is -0.326 e. The van der Waals surface area contributed by atoms with E-state index in [1.165, 1.54) is 0 Å². The smallest absolute Gasteiger partial charge is 0.229 e. The summed E-state index contributed by atoms with van der Waals surface area (Å²) < 4.78 is 0. The number of hydrogen-bond donors (Lipinski definition) is 0. The van der Waals surface area contributed by atoms with E-state index in [4.69, 9.17) is 28.2 Å². The number of nitrogens with zero attached hydrogens (tertiary/aromatic N) is 2. The van der Waals surface area contributed by atoms with Crippen molar-refractivity contribution >= 4 is 29.1 Å². The SMILES string of the molecule is C=CC[C@@]1(C)C[C@H](c2cccc(Cl)c2)[C@@H](c2ccc(Cl)cc2)N([C@H](CC(C)C)c2ccccn2)C1=O. The van der Waals surface area contributed by atoms with Crippen molar-refractivity contribution in [3.63, 3.8) is 0 Å². The van der Waals surface area contributed by atoms with Gasteiger partial charge in [0.15, 0.2) is 0 Å². The number of carbonyl (C=O) groups is 1. The number of carbonyl (C=O) groups excluding carboxylic acids is 1. The van der Waals surface area contributed by atoms with Gasteiger partial charge in [-0.3, -0.25) is 9.78 Å². The predicted octanol–water partition coefficient (Wildman–Crippen LogP) is 8.82. The number of benzene rings is 2. The van der Waals surface area contributed by atoms with Gasteiger partial charge in [-0.2, -0.15) is 0 Å². The highest BCUT2D eigenvalue weighted by Gasteiger charge is 2.51. The number of piperidine rings is 1. The first kappa shape index (κ1) is 26.4. The van der Waals surface area contributed by atoms with Crippen molar-refractivity contribution in [3.8, 4) is 0 Å². The molecule has 1 fully saturated rings.